The minimum absolute atomic E-state index is 0.199. The Morgan fingerprint density at radius 3 is 2.52 bits per heavy atom. The summed E-state index contributed by atoms with van der Waals surface area (Å²) < 4.78 is 2.11. The van der Waals surface area contributed by atoms with E-state index < -0.39 is 6.10 Å². The molecule has 0 fully saturated rings. The monoisotopic (exact) mass is 309 g/mol. The molecule has 1 aromatic heterocycles. The Morgan fingerprint density at radius 1 is 1.09 bits per heavy atom. The van der Waals surface area contributed by atoms with Gasteiger partial charge in [0.15, 0.2) is 0 Å². The first-order valence-corrected chi connectivity index (χ1v) is 8.02. The summed E-state index contributed by atoms with van der Waals surface area (Å²) in [6, 6.07) is 18.1. The molecule has 4 heteroatoms. The average molecular weight is 309 g/mol. The highest BCUT2D eigenvalue weighted by Crippen LogP contribution is 2.18. The van der Waals surface area contributed by atoms with Crippen LogP contribution >= 0.6 is 0 Å². The molecule has 0 bridgehead atoms. The van der Waals surface area contributed by atoms with Crippen molar-refractivity contribution in [3.8, 4) is 0 Å². The molecule has 2 aromatic carbocycles. The highest BCUT2D eigenvalue weighted by atomic mass is 16.3. The van der Waals surface area contributed by atoms with Gasteiger partial charge in [0.05, 0.1) is 23.7 Å². The first-order chi connectivity index (χ1) is 11.1. The molecular formula is C19H23N3O. The Morgan fingerprint density at radius 2 is 1.78 bits per heavy atom. The first kappa shape index (κ1) is 15.7. The van der Waals surface area contributed by atoms with Crippen LogP contribution in [0.5, 0.6) is 0 Å². The van der Waals surface area contributed by atoms with Crippen molar-refractivity contribution in [2.75, 3.05) is 0 Å². The van der Waals surface area contributed by atoms with E-state index in [9.17, 15) is 5.11 Å². The predicted octanol–water partition coefficient (Wildman–Crippen LogP) is 3.18. The number of aliphatic hydroxyl groups excluding tert-OH is 1. The van der Waals surface area contributed by atoms with Gasteiger partial charge >= 0.3 is 0 Å². The second-order valence-corrected chi connectivity index (χ2v) is 6.02. The molecule has 23 heavy (non-hydrogen) atoms. The number of nitrogens with one attached hydrogen (secondary N) is 1. The van der Waals surface area contributed by atoms with E-state index in [0.717, 1.165) is 22.4 Å². The second kappa shape index (κ2) is 6.94. The maximum atomic E-state index is 10.3. The van der Waals surface area contributed by atoms with Gasteiger partial charge in [0.1, 0.15) is 5.82 Å². The van der Waals surface area contributed by atoms with Crippen LogP contribution in [0.3, 0.4) is 0 Å². The predicted molar refractivity (Wildman–Crippen MR) is 93.0 cm³/mol. The van der Waals surface area contributed by atoms with Crippen molar-refractivity contribution >= 4 is 11.0 Å². The lowest BCUT2D eigenvalue weighted by Crippen LogP contribution is -2.28. The van der Waals surface area contributed by atoms with Gasteiger partial charge in [-0.3, -0.25) is 0 Å². The van der Waals surface area contributed by atoms with E-state index in [-0.39, 0.29) is 6.04 Å². The minimum atomic E-state index is -0.445. The fourth-order valence-electron chi connectivity index (χ4n) is 2.85. The molecule has 2 unspecified atom stereocenters. The zero-order valence-electron chi connectivity index (χ0n) is 13.6. The van der Waals surface area contributed by atoms with Gasteiger partial charge in [0.2, 0.25) is 0 Å². The van der Waals surface area contributed by atoms with E-state index in [1.54, 1.807) is 0 Å². The molecule has 0 amide bonds. The lowest BCUT2D eigenvalue weighted by Gasteiger charge is -2.18. The van der Waals surface area contributed by atoms with Crippen LogP contribution in [0.4, 0.5) is 0 Å². The number of nitrogens with zero attached hydrogens (tertiary/aromatic N) is 2. The molecule has 0 saturated heterocycles. The van der Waals surface area contributed by atoms with Crippen molar-refractivity contribution < 1.29 is 5.11 Å². The van der Waals surface area contributed by atoms with Crippen LogP contribution in [-0.2, 0) is 13.6 Å². The van der Waals surface area contributed by atoms with Crippen LogP contribution in [0.15, 0.2) is 54.6 Å². The summed E-state index contributed by atoms with van der Waals surface area (Å²) in [6.45, 7) is 2.78. The van der Waals surface area contributed by atoms with Gasteiger partial charge in [-0.1, -0.05) is 42.5 Å². The molecule has 3 aromatic rings. The SMILES string of the molecule is CC(CC(O)c1ccccc1)NCc1nc2ccccc2n1C. The van der Waals surface area contributed by atoms with Gasteiger partial charge in [-0.05, 0) is 31.0 Å². The third-order valence-corrected chi connectivity index (χ3v) is 4.25. The van der Waals surface area contributed by atoms with Crippen molar-refractivity contribution in [1.29, 1.82) is 0 Å². The van der Waals surface area contributed by atoms with Gasteiger partial charge < -0.3 is 15.0 Å². The Kier molecular flexibility index (Phi) is 4.74. The number of aromatic nitrogens is 2. The summed E-state index contributed by atoms with van der Waals surface area (Å²) in [5, 5.41) is 13.8. The summed E-state index contributed by atoms with van der Waals surface area (Å²) in [5.41, 5.74) is 3.12. The van der Waals surface area contributed by atoms with Crippen molar-refractivity contribution in [3.05, 3.63) is 66.0 Å². The number of fused-ring (bicyclic) bond motifs is 1. The molecule has 0 saturated carbocycles. The molecular weight excluding hydrogens is 286 g/mol. The molecule has 2 N–H and O–H groups in total. The minimum Gasteiger partial charge on any atom is -0.388 e. The number of imidazole rings is 1. The number of aryl methyl sites for hydroxylation is 1. The number of para-hydroxylation sites is 2. The highest BCUT2D eigenvalue weighted by molar-refractivity contribution is 5.75. The molecule has 1 heterocycles. The molecule has 0 radical (unpaired) electrons. The van der Waals surface area contributed by atoms with Crippen LogP contribution in [-0.4, -0.2) is 20.7 Å². The van der Waals surface area contributed by atoms with Gasteiger partial charge in [-0.25, -0.2) is 4.98 Å². The topological polar surface area (TPSA) is 50.1 Å². The number of aliphatic hydroxyl groups is 1. The zero-order chi connectivity index (χ0) is 16.2. The maximum Gasteiger partial charge on any atom is 0.123 e. The van der Waals surface area contributed by atoms with E-state index in [1.807, 2.05) is 55.6 Å². The Bertz CT molecular complexity index is 767. The summed E-state index contributed by atoms with van der Waals surface area (Å²) in [4.78, 5) is 4.66. The van der Waals surface area contributed by atoms with Crippen LogP contribution in [0, 0.1) is 0 Å². The van der Waals surface area contributed by atoms with Gasteiger partial charge in [-0.15, -0.1) is 0 Å². The van der Waals surface area contributed by atoms with E-state index in [2.05, 4.69) is 27.9 Å². The van der Waals surface area contributed by atoms with Crippen LogP contribution in [0.2, 0.25) is 0 Å². The second-order valence-electron chi connectivity index (χ2n) is 6.02. The molecule has 4 nitrogen and oxygen atoms in total. The summed E-state index contributed by atoms with van der Waals surface area (Å²) in [6.07, 6.45) is 0.229. The zero-order valence-corrected chi connectivity index (χ0v) is 13.6. The highest BCUT2D eigenvalue weighted by Gasteiger charge is 2.13. The largest absolute Gasteiger partial charge is 0.388 e. The normalized spacial score (nSPS) is 14.0. The molecule has 120 valence electrons. The van der Waals surface area contributed by atoms with E-state index in [4.69, 9.17) is 0 Å². The molecule has 0 aliphatic rings. The molecule has 0 spiro atoms. The quantitative estimate of drug-likeness (QED) is 0.735. The van der Waals surface area contributed by atoms with Crippen molar-refractivity contribution in [2.24, 2.45) is 7.05 Å². The summed E-state index contributed by atoms with van der Waals surface area (Å²) in [5.74, 6) is 1.01. The Hall–Kier alpha value is -2.17. The molecule has 0 aliphatic carbocycles. The number of rotatable bonds is 6. The fraction of sp³-hybridized carbons (Fsp3) is 0.316. The van der Waals surface area contributed by atoms with Gasteiger partial charge in [0, 0.05) is 13.1 Å². The molecule has 2 atom stereocenters. The standard InChI is InChI=1S/C19H23N3O/c1-14(12-18(23)15-8-4-3-5-9-15)20-13-19-21-16-10-6-7-11-17(16)22(19)2/h3-11,14,18,20,23H,12-13H2,1-2H3. The number of benzene rings is 2. The Balaban J connectivity index is 1.60. The average Bonchev–Trinajstić information content (AvgIpc) is 2.90. The van der Waals surface area contributed by atoms with E-state index in [0.29, 0.717) is 13.0 Å². The lowest BCUT2D eigenvalue weighted by atomic mass is 10.0. The van der Waals surface area contributed by atoms with Crippen LogP contribution < -0.4 is 5.32 Å². The van der Waals surface area contributed by atoms with Crippen LogP contribution in [0.25, 0.3) is 11.0 Å². The number of hydrogen-bond donors (Lipinski definition) is 2. The van der Waals surface area contributed by atoms with Crippen molar-refractivity contribution in [2.45, 2.75) is 32.0 Å². The third kappa shape index (κ3) is 3.60. The van der Waals surface area contributed by atoms with Crippen molar-refractivity contribution in [3.63, 3.8) is 0 Å². The number of hydrogen-bond acceptors (Lipinski definition) is 3. The van der Waals surface area contributed by atoms with Crippen molar-refractivity contribution in [1.82, 2.24) is 14.9 Å². The van der Waals surface area contributed by atoms with E-state index >= 15 is 0 Å². The lowest BCUT2D eigenvalue weighted by molar-refractivity contribution is 0.153. The maximum absolute atomic E-state index is 10.3. The van der Waals surface area contributed by atoms with Crippen LogP contribution in [0.1, 0.15) is 30.8 Å². The molecule has 3 rings (SSSR count). The first-order valence-electron chi connectivity index (χ1n) is 8.02. The summed E-state index contributed by atoms with van der Waals surface area (Å²) in [7, 11) is 2.04. The Labute approximate surface area is 136 Å². The third-order valence-electron chi connectivity index (χ3n) is 4.25. The molecule has 0 aliphatic heterocycles. The van der Waals surface area contributed by atoms with Gasteiger partial charge in [0.25, 0.3) is 0 Å². The van der Waals surface area contributed by atoms with Gasteiger partial charge in [-0.2, -0.15) is 0 Å². The summed E-state index contributed by atoms with van der Waals surface area (Å²) >= 11 is 0. The van der Waals surface area contributed by atoms with E-state index in [1.165, 1.54) is 0 Å². The fourth-order valence-corrected chi connectivity index (χ4v) is 2.85. The smallest absolute Gasteiger partial charge is 0.123 e.